The highest BCUT2D eigenvalue weighted by Crippen LogP contribution is 2.24. The molecule has 1 atom stereocenters. The van der Waals surface area contributed by atoms with Crippen LogP contribution in [0.25, 0.3) is 11.3 Å². The summed E-state index contributed by atoms with van der Waals surface area (Å²) in [6.07, 6.45) is 3.55. The van der Waals surface area contributed by atoms with Crippen molar-refractivity contribution in [1.82, 2.24) is 20.4 Å². The zero-order chi connectivity index (χ0) is 18.6. The van der Waals surface area contributed by atoms with Gasteiger partial charge >= 0.3 is 0 Å². The molecule has 2 aromatic heterocycles. The van der Waals surface area contributed by atoms with Crippen molar-refractivity contribution in [1.29, 1.82) is 0 Å². The summed E-state index contributed by atoms with van der Waals surface area (Å²) < 4.78 is 0. The maximum absolute atomic E-state index is 12.8. The molecule has 0 spiro atoms. The lowest BCUT2D eigenvalue weighted by Gasteiger charge is -2.32. The number of aromatic amines is 1. The molecule has 2 N–H and O–H groups in total. The van der Waals surface area contributed by atoms with E-state index in [2.05, 4.69) is 30.6 Å². The molecule has 0 radical (unpaired) electrons. The molecular weight excluding hydrogens is 340 g/mol. The summed E-state index contributed by atoms with van der Waals surface area (Å²) in [4.78, 5) is 14.9. The number of aromatic nitrogens is 4. The average molecular weight is 362 g/mol. The molecule has 138 valence electrons. The Morgan fingerprint density at radius 3 is 2.93 bits per heavy atom. The number of carbonyl (C=O) groups excluding carboxylic acids is 1. The van der Waals surface area contributed by atoms with E-state index in [4.69, 9.17) is 0 Å². The lowest BCUT2D eigenvalue weighted by molar-refractivity contribution is -0.120. The Labute approximate surface area is 157 Å². The van der Waals surface area contributed by atoms with Crippen LogP contribution in [-0.4, -0.2) is 39.4 Å². The van der Waals surface area contributed by atoms with Crippen LogP contribution in [0.1, 0.15) is 18.5 Å². The van der Waals surface area contributed by atoms with Gasteiger partial charge in [-0.3, -0.25) is 9.89 Å². The van der Waals surface area contributed by atoms with Crippen molar-refractivity contribution in [2.24, 2.45) is 5.92 Å². The Morgan fingerprint density at radius 1 is 1.22 bits per heavy atom. The topological polar surface area (TPSA) is 86.8 Å². The molecule has 3 aromatic rings. The Morgan fingerprint density at radius 2 is 2.15 bits per heavy atom. The minimum Gasteiger partial charge on any atom is -0.354 e. The molecule has 7 nitrogen and oxygen atoms in total. The quantitative estimate of drug-likeness (QED) is 0.745. The number of hydrogen-bond donors (Lipinski definition) is 2. The lowest BCUT2D eigenvalue weighted by atomic mass is 9.97. The first-order chi connectivity index (χ1) is 13.2. The predicted molar refractivity (Wildman–Crippen MR) is 104 cm³/mol. The van der Waals surface area contributed by atoms with Crippen molar-refractivity contribution < 1.29 is 4.79 Å². The molecule has 1 aliphatic rings. The predicted octanol–water partition coefficient (Wildman–Crippen LogP) is 3.03. The first kappa shape index (κ1) is 17.2. The van der Waals surface area contributed by atoms with E-state index in [0.717, 1.165) is 47.8 Å². The zero-order valence-electron chi connectivity index (χ0n) is 15.2. The smallest absolute Gasteiger partial charge is 0.229 e. The van der Waals surface area contributed by atoms with Gasteiger partial charge in [0.05, 0.1) is 17.3 Å². The number of piperidine rings is 1. The molecule has 1 saturated heterocycles. The van der Waals surface area contributed by atoms with Gasteiger partial charge in [0.15, 0.2) is 5.82 Å². The van der Waals surface area contributed by atoms with E-state index in [-0.39, 0.29) is 11.8 Å². The fraction of sp³-hybridized carbons (Fsp3) is 0.300. The van der Waals surface area contributed by atoms with Crippen LogP contribution in [0.5, 0.6) is 0 Å². The third-order valence-corrected chi connectivity index (χ3v) is 4.84. The van der Waals surface area contributed by atoms with Gasteiger partial charge in [0.1, 0.15) is 0 Å². The van der Waals surface area contributed by atoms with Crippen LogP contribution in [-0.2, 0) is 4.79 Å². The maximum atomic E-state index is 12.8. The number of carbonyl (C=O) groups is 1. The second kappa shape index (κ2) is 7.57. The van der Waals surface area contributed by atoms with Crippen molar-refractivity contribution in [3.05, 3.63) is 54.4 Å². The highest BCUT2D eigenvalue weighted by atomic mass is 16.1. The van der Waals surface area contributed by atoms with E-state index in [1.165, 1.54) is 0 Å². The van der Waals surface area contributed by atoms with Crippen LogP contribution in [0.3, 0.4) is 0 Å². The highest BCUT2D eigenvalue weighted by molar-refractivity contribution is 5.93. The maximum Gasteiger partial charge on any atom is 0.229 e. The normalized spacial score (nSPS) is 16.9. The van der Waals surface area contributed by atoms with Gasteiger partial charge < -0.3 is 10.2 Å². The van der Waals surface area contributed by atoms with Crippen molar-refractivity contribution in [3.8, 4) is 11.3 Å². The van der Waals surface area contributed by atoms with Gasteiger partial charge in [-0.15, -0.1) is 5.10 Å². The molecule has 3 heterocycles. The van der Waals surface area contributed by atoms with Gasteiger partial charge in [-0.1, -0.05) is 12.1 Å². The van der Waals surface area contributed by atoms with E-state index in [0.29, 0.717) is 6.54 Å². The number of nitrogens with one attached hydrogen (secondary N) is 2. The number of H-pyrrole nitrogens is 1. The highest BCUT2D eigenvalue weighted by Gasteiger charge is 2.26. The molecule has 27 heavy (non-hydrogen) atoms. The molecule has 0 saturated carbocycles. The Kier molecular flexibility index (Phi) is 4.82. The molecule has 1 aromatic carbocycles. The van der Waals surface area contributed by atoms with Crippen molar-refractivity contribution in [3.63, 3.8) is 0 Å². The van der Waals surface area contributed by atoms with Crippen LogP contribution in [0.15, 0.2) is 48.7 Å². The monoisotopic (exact) mass is 362 g/mol. The van der Waals surface area contributed by atoms with Crippen LogP contribution in [0.4, 0.5) is 11.5 Å². The Bertz CT molecular complexity index is 906. The first-order valence-electron chi connectivity index (χ1n) is 9.15. The molecule has 1 fully saturated rings. The summed E-state index contributed by atoms with van der Waals surface area (Å²) in [5.74, 6) is 0.804. The average Bonchev–Trinajstić information content (AvgIpc) is 3.24. The SMILES string of the molecule is Cc1ccc(N2CCCC(C(=O)Nc3cccc(-c4ccn[nH]4)c3)C2)nn1. The van der Waals surface area contributed by atoms with Crippen molar-refractivity contribution >= 4 is 17.4 Å². The number of aryl methyl sites for hydroxylation is 1. The third-order valence-electron chi connectivity index (χ3n) is 4.84. The summed E-state index contributed by atoms with van der Waals surface area (Å²) in [5.41, 5.74) is 3.60. The summed E-state index contributed by atoms with van der Waals surface area (Å²) in [6, 6.07) is 13.6. The fourth-order valence-electron chi connectivity index (χ4n) is 3.39. The number of hydrogen-bond acceptors (Lipinski definition) is 5. The zero-order valence-corrected chi connectivity index (χ0v) is 15.2. The van der Waals surface area contributed by atoms with Gasteiger partial charge in [-0.05, 0) is 50.1 Å². The lowest BCUT2D eigenvalue weighted by Crippen LogP contribution is -2.41. The van der Waals surface area contributed by atoms with Gasteiger partial charge in [0.2, 0.25) is 5.91 Å². The van der Waals surface area contributed by atoms with Gasteiger partial charge in [0, 0.05) is 30.5 Å². The molecule has 1 amide bonds. The second-order valence-electron chi connectivity index (χ2n) is 6.86. The van der Waals surface area contributed by atoms with Crippen LogP contribution in [0.2, 0.25) is 0 Å². The number of nitrogens with zero attached hydrogens (tertiary/aromatic N) is 4. The molecule has 0 aliphatic carbocycles. The standard InChI is InChI=1S/C20H22N6O/c1-14-7-8-19(25-23-14)26-11-3-5-16(13-26)20(27)22-17-6-2-4-15(12-17)18-9-10-21-24-18/h2,4,6-10,12,16H,3,5,11,13H2,1H3,(H,21,24)(H,22,27). The van der Waals surface area contributed by atoms with E-state index < -0.39 is 0 Å². The van der Waals surface area contributed by atoms with Gasteiger partial charge in [0.25, 0.3) is 0 Å². The van der Waals surface area contributed by atoms with Crippen molar-refractivity contribution in [2.75, 3.05) is 23.3 Å². The van der Waals surface area contributed by atoms with Gasteiger partial charge in [-0.25, -0.2) is 0 Å². The van der Waals surface area contributed by atoms with E-state index in [1.807, 2.05) is 49.4 Å². The Balaban J connectivity index is 1.43. The minimum absolute atomic E-state index is 0.0431. The van der Waals surface area contributed by atoms with Crippen LogP contribution >= 0.6 is 0 Å². The first-order valence-corrected chi connectivity index (χ1v) is 9.15. The van der Waals surface area contributed by atoms with E-state index >= 15 is 0 Å². The Hall–Kier alpha value is -3.22. The molecular formula is C20H22N6O. The number of amides is 1. The number of anilines is 2. The fourth-order valence-corrected chi connectivity index (χ4v) is 3.39. The largest absolute Gasteiger partial charge is 0.354 e. The van der Waals surface area contributed by atoms with E-state index in [1.54, 1.807) is 6.20 Å². The van der Waals surface area contributed by atoms with Crippen LogP contribution in [0, 0.1) is 12.8 Å². The molecule has 1 unspecified atom stereocenters. The molecule has 4 rings (SSSR count). The van der Waals surface area contributed by atoms with Gasteiger partial charge in [-0.2, -0.15) is 10.2 Å². The number of rotatable bonds is 4. The molecule has 1 aliphatic heterocycles. The summed E-state index contributed by atoms with van der Waals surface area (Å²) >= 11 is 0. The molecule has 0 bridgehead atoms. The summed E-state index contributed by atoms with van der Waals surface area (Å²) in [7, 11) is 0. The third kappa shape index (κ3) is 3.97. The number of benzene rings is 1. The summed E-state index contributed by atoms with van der Waals surface area (Å²) in [5, 5.41) is 18.4. The molecule has 7 heteroatoms. The summed E-state index contributed by atoms with van der Waals surface area (Å²) in [6.45, 7) is 3.47. The van der Waals surface area contributed by atoms with E-state index in [9.17, 15) is 4.79 Å². The second-order valence-corrected chi connectivity index (χ2v) is 6.86. The van der Waals surface area contributed by atoms with Crippen LogP contribution < -0.4 is 10.2 Å². The van der Waals surface area contributed by atoms with Crippen molar-refractivity contribution in [2.45, 2.75) is 19.8 Å². The minimum atomic E-state index is -0.0716.